The van der Waals surface area contributed by atoms with Crippen molar-refractivity contribution in [2.75, 3.05) is 26.7 Å². The Bertz CT molecular complexity index is 559. The van der Waals surface area contributed by atoms with Gasteiger partial charge in [0.05, 0.1) is 5.52 Å². The molecule has 2 heterocycles. The van der Waals surface area contributed by atoms with Gasteiger partial charge in [0.1, 0.15) is 0 Å². The van der Waals surface area contributed by atoms with Crippen LogP contribution in [0.1, 0.15) is 18.4 Å². The molecule has 0 saturated carbocycles. The van der Waals surface area contributed by atoms with Gasteiger partial charge in [0, 0.05) is 18.1 Å². The van der Waals surface area contributed by atoms with Crippen LogP contribution < -0.4 is 5.32 Å². The van der Waals surface area contributed by atoms with Crippen LogP contribution in [0, 0.1) is 5.92 Å². The van der Waals surface area contributed by atoms with Crippen LogP contribution in [0.15, 0.2) is 36.5 Å². The maximum Gasteiger partial charge on any atom is 0.0702 e. The van der Waals surface area contributed by atoms with Crippen LogP contribution in [0.4, 0.5) is 0 Å². The second-order valence-electron chi connectivity index (χ2n) is 5.81. The highest BCUT2D eigenvalue weighted by molar-refractivity contribution is 5.78. The molecule has 0 aliphatic carbocycles. The standard InChI is InChI=1S/C17H23N3/c1-18-11-14-6-8-20(9-7-14)13-15-10-16-4-2-3-5-17(16)19-12-15/h2-5,10,12,14,18H,6-9,11,13H2,1H3. The SMILES string of the molecule is CNCC1CCN(Cc2cnc3ccccc3c2)CC1. The molecule has 0 bridgehead atoms. The van der Waals surface area contributed by atoms with E-state index >= 15 is 0 Å². The molecular weight excluding hydrogens is 246 g/mol. The van der Waals surface area contributed by atoms with Gasteiger partial charge in [-0.05, 0) is 63.1 Å². The molecule has 0 spiro atoms. The van der Waals surface area contributed by atoms with Crippen molar-refractivity contribution in [1.82, 2.24) is 15.2 Å². The van der Waals surface area contributed by atoms with E-state index < -0.39 is 0 Å². The maximum absolute atomic E-state index is 4.55. The summed E-state index contributed by atoms with van der Waals surface area (Å²) in [5.74, 6) is 0.853. The number of aromatic nitrogens is 1. The third kappa shape index (κ3) is 3.17. The Balaban J connectivity index is 1.62. The lowest BCUT2D eigenvalue weighted by atomic mass is 9.96. The van der Waals surface area contributed by atoms with Gasteiger partial charge in [0.25, 0.3) is 0 Å². The van der Waals surface area contributed by atoms with Gasteiger partial charge in [-0.25, -0.2) is 0 Å². The average Bonchev–Trinajstić information content (AvgIpc) is 2.49. The second kappa shape index (κ2) is 6.33. The molecule has 1 N–H and O–H groups in total. The minimum Gasteiger partial charge on any atom is -0.319 e. The van der Waals surface area contributed by atoms with Crippen LogP contribution >= 0.6 is 0 Å². The number of piperidine rings is 1. The van der Waals surface area contributed by atoms with Gasteiger partial charge >= 0.3 is 0 Å². The van der Waals surface area contributed by atoms with Crippen molar-refractivity contribution in [3.05, 3.63) is 42.1 Å². The Kier molecular flexibility index (Phi) is 4.28. The molecule has 3 heteroatoms. The van der Waals surface area contributed by atoms with Crippen LogP contribution in [0.5, 0.6) is 0 Å². The Morgan fingerprint density at radius 1 is 1.25 bits per heavy atom. The van der Waals surface area contributed by atoms with Gasteiger partial charge in [0.15, 0.2) is 0 Å². The first-order valence-corrected chi connectivity index (χ1v) is 7.56. The normalized spacial score (nSPS) is 17.6. The summed E-state index contributed by atoms with van der Waals surface area (Å²) in [6.07, 6.45) is 4.64. The zero-order chi connectivity index (χ0) is 13.8. The van der Waals surface area contributed by atoms with Crippen molar-refractivity contribution in [2.45, 2.75) is 19.4 Å². The van der Waals surface area contributed by atoms with Crippen LogP contribution in [-0.2, 0) is 6.54 Å². The zero-order valence-corrected chi connectivity index (χ0v) is 12.2. The van der Waals surface area contributed by atoms with E-state index in [4.69, 9.17) is 0 Å². The van der Waals surface area contributed by atoms with E-state index in [9.17, 15) is 0 Å². The van der Waals surface area contributed by atoms with E-state index in [1.165, 1.54) is 36.9 Å². The van der Waals surface area contributed by atoms with Crippen molar-refractivity contribution in [3.63, 3.8) is 0 Å². The molecular formula is C17H23N3. The predicted octanol–water partition coefficient (Wildman–Crippen LogP) is 2.67. The number of fused-ring (bicyclic) bond motifs is 1. The van der Waals surface area contributed by atoms with Gasteiger partial charge in [-0.1, -0.05) is 18.2 Å². The first-order valence-electron chi connectivity index (χ1n) is 7.56. The van der Waals surface area contributed by atoms with Crippen molar-refractivity contribution in [3.8, 4) is 0 Å². The minimum atomic E-state index is 0.853. The molecule has 3 nitrogen and oxygen atoms in total. The summed E-state index contributed by atoms with van der Waals surface area (Å²) in [6.45, 7) is 4.60. The molecule has 1 saturated heterocycles. The molecule has 1 aromatic heterocycles. The topological polar surface area (TPSA) is 28.2 Å². The molecule has 0 radical (unpaired) electrons. The summed E-state index contributed by atoms with van der Waals surface area (Å²) in [4.78, 5) is 7.11. The maximum atomic E-state index is 4.55. The van der Waals surface area contributed by atoms with E-state index in [0.717, 1.165) is 24.5 Å². The number of hydrogen-bond donors (Lipinski definition) is 1. The lowest BCUT2D eigenvalue weighted by molar-refractivity contribution is 0.176. The Hall–Kier alpha value is -1.45. The lowest BCUT2D eigenvalue weighted by Gasteiger charge is -2.31. The molecule has 20 heavy (non-hydrogen) atoms. The Labute approximate surface area is 121 Å². The lowest BCUT2D eigenvalue weighted by Crippen LogP contribution is -2.36. The van der Waals surface area contributed by atoms with Crippen molar-refractivity contribution >= 4 is 10.9 Å². The summed E-state index contributed by atoms with van der Waals surface area (Å²) < 4.78 is 0. The summed E-state index contributed by atoms with van der Waals surface area (Å²) in [6, 6.07) is 10.6. The molecule has 1 aliphatic rings. The Morgan fingerprint density at radius 2 is 2.05 bits per heavy atom. The van der Waals surface area contributed by atoms with Gasteiger partial charge in [-0.3, -0.25) is 9.88 Å². The van der Waals surface area contributed by atoms with E-state index in [0.29, 0.717) is 0 Å². The molecule has 0 unspecified atom stereocenters. The minimum absolute atomic E-state index is 0.853. The fourth-order valence-corrected chi connectivity index (χ4v) is 3.10. The summed E-state index contributed by atoms with van der Waals surface area (Å²) >= 11 is 0. The molecule has 0 amide bonds. The molecule has 3 rings (SSSR count). The number of benzene rings is 1. The number of nitrogens with zero attached hydrogens (tertiary/aromatic N) is 2. The van der Waals surface area contributed by atoms with Crippen LogP contribution in [0.3, 0.4) is 0 Å². The zero-order valence-electron chi connectivity index (χ0n) is 12.2. The van der Waals surface area contributed by atoms with E-state index in [1.54, 1.807) is 0 Å². The van der Waals surface area contributed by atoms with Crippen LogP contribution in [0.25, 0.3) is 10.9 Å². The third-order valence-corrected chi connectivity index (χ3v) is 4.25. The number of para-hydroxylation sites is 1. The summed E-state index contributed by atoms with van der Waals surface area (Å²) in [5.41, 5.74) is 2.42. The smallest absolute Gasteiger partial charge is 0.0702 e. The molecule has 1 aliphatic heterocycles. The number of hydrogen-bond acceptors (Lipinski definition) is 3. The van der Waals surface area contributed by atoms with E-state index in [-0.39, 0.29) is 0 Å². The first-order chi connectivity index (χ1) is 9.85. The van der Waals surface area contributed by atoms with E-state index in [2.05, 4.69) is 39.5 Å². The number of nitrogens with one attached hydrogen (secondary N) is 1. The number of rotatable bonds is 4. The highest BCUT2D eigenvalue weighted by Crippen LogP contribution is 2.19. The van der Waals surface area contributed by atoms with Crippen molar-refractivity contribution < 1.29 is 0 Å². The fourth-order valence-electron chi connectivity index (χ4n) is 3.10. The highest BCUT2D eigenvalue weighted by atomic mass is 15.1. The third-order valence-electron chi connectivity index (χ3n) is 4.25. The largest absolute Gasteiger partial charge is 0.319 e. The van der Waals surface area contributed by atoms with Gasteiger partial charge in [-0.2, -0.15) is 0 Å². The number of pyridine rings is 1. The Morgan fingerprint density at radius 3 is 2.85 bits per heavy atom. The van der Waals surface area contributed by atoms with Crippen molar-refractivity contribution in [2.24, 2.45) is 5.92 Å². The van der Waals surface area contributed by atoms with Gasteiger partial charge in [-0.15, -0.1) is 0 Å². The fraction of sp³-hybridized carbons (Fsp3) is 0.471. The van der Waals surface area contributed by atoms with Gasteiger partial charge in [0.2, 0.25) is 0 Å². The first kappa shape index (κ1) is 13.5. The van der Waals surface area contributed by atoms with E-state index in [1.807, 2.05) is 19.3 Å². The summed E-state index contributed by atoms with van der Waals surface area (Å²) in [5, 5.41) is 4.54. The van der Waals surface area contributed by atoms with Crippen LogP contribution in [-0.4, -0.2) is 36.6 Å². The monoisotopic (exact) mass is 269 g/mol. The number of likely N-dealkylation sites (tertiary alicyclic amines) is 1. The van der Waals surface area contributed by atoms with Crippen LogP contribution in [0.2, 0.25) is 0 Å². The average molecular weight is 269 g/mol. The van der Waals surface area contributed by atoms with Crippen molar-refractivity contribution in [1.29, 1.82) is 0 Å². The molecule has 1 fully saturated rings. The van der Waals surface area contributed by atoms with Gasteiger partial charge < -0.3 is 5.32 Å². The second-order valence-corrected chi connectivity index (χ2v) is 5.81. The summed E-state index contributed by atoms with van der Waals surface area (Å²) in [7, 11) is 2.05. The quantitative estimate of drug-likeness (QED) is 0.925. The molecule has 2 aromatic rings. The predicted molar refractivity (Wildman–Crippen MR) is 83.7 cm³/mol. The molecule has 1 aromatic carbocycles. The highest BCUT2D eigenvalue weighted by Gasteiger charge is 2.18. The molecule has 106 valence electrons. The molecule has 0 atom stereocenters.